The van der Waals surface area contributed by atoms with Crippen LogP contribution in [0.2, 0.25) is 0 Å². The Labute approximate surface area is 129 Å². The molecule has 0 aliphatic carbocycles. The quantitative estimate of drug-likeness (QED) is 0.793. The number of cyclic esters (lactones) is 1. The van der Waals surface area contributed by atoms with E-state index < -0.39 is 0 Å². The van der Waals surface area contributed by atoms with Crippen molar-refractivity contribution in [2.24, 2.45) is 0 Å². The Hall–Kier alpha value is -1.29. The van der Waals surface area contributed by atoms with Gasteiger partial charge in [-0.3, -0.25) is 4.90 Å². The van der Waals surface area contributed by atoms with Gasteiger partial charge in [-0.15, -0.1) is 0 Å². The lowest BCUT2D eigenvalue weighted by atomic mass is 10.0. The van der Waals surface area contributed by atoms with E-state index in [-0.39, 0.29) is 12.1 Å². The van der Waals surface area contributed by atoms with E-state index in [1.165, 1.54) is 11.1 Å². The number of rotatable bonds is 2. The molecule has 21 heavy (non-hydrogen) atoms. The highest BCUT2D eigenvalue weighted by atomic mass is 16.6. The predicted molar refractivity (Wildman–Crippen MR) is 87.4 cm³/mol. The molecule has 0 spiro atoms. The molecule has 4 nitrogen and oxygen atoms in total. The Bertz CT molecular complexity index is 392. The first-order chi connectivity index (χ1) is 9.95. The van der Waals surface area contributed by atoms with Gasteiger partial charge in [0.1, 0.15) is 6.61 Å². The number of nitrogens with one attached hydrogen (secondary N) is 1. The van der Waals surface area contributed by atoms with Crippen molar-refractivity contribution >= 4 is 6.09 Å². The number of ether oxygens (including phenoxy) is 1. The molecule has 1 N–H and O–H groups in total. The molecule has 2 saturated heterocycles. The summed E-state index contributed by atoms with van der Waals surface area (Å²) in [5.74, 6) is 0. The molecule has 4 heteroatoms. The highest BCUT2D eigenvalue weighted by Gasteiger charge is 2.35. The molecule has 0 saturated carbocycles. The van der Waals surface area contributed by atoms with E-state index in [1.54, 1.807) is 0 Å². The number of allylic oxidation sites excluding steroid dienone is 4. The third-order valence-electron chi connectivity index (χ3n) is 3.81. The zero-order valence-electron chi connectivity index (χ0n) is 14.1. The molecule has 120 valence electrons. The summed E-state index contributed by atoms with van der Waals surface area (Å²) in [6, 6.07) is 0.654. The van der Waals surface area contributed by atoms with E-state index in [0.717, 1.165) is 25.9 Å². The summed E-state index contributed by atoms with van der Waals surface area (Å²) in [5, 5.41) is 3.29. The van der Waals surface area contributed by atoms with Crippen LogP contribution < -0.4 is 5.32 Å². The van der Waals surface area contributed by atoms with E-state index in [1.807, 2.05) is 11.8 Å². The second-order valence-electron chi connectivity index (χ2n) is 6.07. The van der Waals surface area contributed by atoms with Gasteiger partial charge < -0.3 is 10.1 Å². The largest absolute Gasteiger partial charge is 0.447 e. The maximum absolute atomic E-state index is 11.4. The van der Waals surface area contributed by atoms with Crippen molar-refractivity contribution in [2.75, 3.05) is 19.7 Å². The lowest BCUT2D eigenvalue weighted by molar-refractivity contribution is 0.135. The Morgan fingerprint density at radius 3 is 2.29 bits per heavy atom. The van der Waals surface area contributed by atoms with Crippen molar-refractivity contribution < 1.29 is 9.53 Å². The van der Waals surface area contributed by atoms with Gasteiger partial charge in [0.15, 0.2) is 0 Å². The monoisotopic (exact) mass is 294 g/mol. The molecule has 2 aliphatic rings. The summed E-state index contributed by atoms with van der Waals surface area (Å²) < 4.78 is 5.00. The molecular weight excluding hydrogens is 264 g/mol. The summed E-state index contributed by atoms with van der Waals surface area (Å²) in [6.45, 7) is 13.0. The van der Waals surface area contributed by atoms with Crippen LogP contribution in [0.3, 0.4) is 0 Å². The third-order valence-corrected chi connectivity index (χ3v) is 3.81. The molecule has 0 aromatic carbocycles. The van der Waals surface area contributed by atoms with E-state index in [2.05, 4.69) is 45.2 Å². The molecule has 0 radical (unpaired) electrons. The fourth-order valence-corrected chi connectivity index (χ4v) is 2.66. The van der Waals surface area contributed by atoms with Crippen molar-refractivity contribution in [1.29, 1.82) is 0 Å². The molecule has 1 atom stereocenters. The first-order valence-corrected chi connectivity index (χ1v) is 7.89. The van der Waals surface area contributed by atoms with Crippen LogP contribution in [-0.2, 0) is 4.74 Å². The fourth-order valence-electron chi connectivity index (χ4n) is 2.66. The SMILES string of the molecule is C/C=C(/C)C=C(C)C.CC1COC(=O)N1C1CCNCC1. The molecule has 1 amide bonds. The van der Waals surface area contributed by atoms with Crippen LogP contribution in [0.1, 0.15) is 47.5 Å². The van der Waals surface area contributed by atoms with Crippen LogP contribution in [0.5, 0.6) is 0 Å². The smallest absolute Gasteiger partial charge is 0.410 e. The molecule has 1 unspecified atom stereocenters. The van der Waals surface area contributed by atoms with Crippen LogP contribution in [0.25, 0.3) is 0 Å². The first-order valence-electron chi connectivity index (χ1n) is 7.89. The van der Waals surface area contributed by atoms with Crippen LogP contribution in [0, 0.1) is 0 Å². The molecule has 2 aliphatic heterocycles. The molecular formula is C17H30N2O2. The van der Waals surface area contributed by atoms with Gasteiger partial charge in [-0.25, -0.2) is 4.79 Å². The normalized spacial score (nSPS) is 23.3. The van der Waals surface area contributed by atoms with E-state index in [0.29, 0.717) is 12.6 Å². The van der Waals surface area contributed by atoms with Crippen molar-refractivity contribution in [2.45, 2.75) is 59.5 Å². The Kier molecular flexibility index (Phi) is 7.51. The highest BCUT2D eigenvalue weighted by Crippen LogP contribution is 2.20. The average molecular weight is 294 g/mol. The Balaban J connectivity index is 0.000000240. The summed E-state index contributed by atoms with van der Waals surface area (Å²) >= 11 is 0. The number of carbonyl (C=O) groups excluding carboxylic acids is 1. The first kappa shape index (κ1) is 17.8. The predicted octanol–water partition coefficient (Wildman–Crippen LogP) is 3.50. The van der Waals surface area contributed by atoms with Gasteiger partial charge in [-0.05, 0) is 60.5 Å². The zero-order chi connectivity index (χ0) is 15.8. The molecule has 2 rings (SSSR count). The molecule has 2 heterocycles. The zero-order valence-corrected chi connectivity index (χ0v) is 14.1. The standard InChI is InChI=1S/C9H16N2O2.C8H14/c1-7-6-13-9(12)11(7)8-2-4-10-5-3-8;1-5-8(4)6-7(2)3/h7-8,10H,2-6H2,1H3;5-6H,1-4H3/b;8-5-. The Morgan fingerprint density at radius 2 is 1.90 bits per heavy atom. The second-order valence-corrected chi connectivity index (χ2v) is 6.07. The van der Waals surface area contributed by atoms with Gasteiger partial charge in [0.2, 0.25) is 0 Å². The molecule has 2 fully saturated rings. The maximum Gasteiger partial charge on any atom is 0.410 e. The number of carbonyl (C=O) groups is 1. The second kappa shape index (κ2) is 8.88. The molecule has 0 bridgehead atoms. The van der Waals surface area contributed by atoms with Gasteiger partial charge in [0.05, 0.1) is 6.04 Å². The topological polar surface area (TPSA) is 41.6 Å². The summed E-state index contributed by atoms with van der Waals surface area (Å²) in [5.41, 5.74) is 2.70. The number of nitrogens with zero attached hydrogens (tertiary/aromatic N) is 1. The van der Waals surface area contributed by atoms with Crippen LogP contribution in [0.4, 0.5) is 4.79 Å². The minimum absolute atomic E-state index is 0.126. The van der Waals surface area contributed by atoms with Crippen molar-refractivity contribution in [3.8, 4) is 0 Å². The highest BCUT2D eigenvalue weighted by molar-refractivity contribution is 5.70. The minimum Gasteiger partial charge on any atom is -0.447 e. The van der Waals surface area contributed by atoms with Gasteiger partial charge in [0, 0.05) is 6.04 Å². The minimum atomic E-state index is -0.126. The van der Waals surface area contributed by atoms with E-state index >= 15 is 0 Å². The lowest BCUT2D eigenvalue weighted by Crippen LogP contribution is -2.46. The van der Waals surface area contributed by atoms with Crippen LogP contribution in [-0.4, -0.2) is 42.8 Å². The molecule has 0 aromatic heterocycles. The van der Waals surface area contributed by atoms with Gasteiger partial charge in [-0.1, -0.05) is 23.3 Å². The van der Waals surface area contributed by atoms with Crippen molar-refractivity contribution in [3.05, 3.63) is 23.3 Å². The summed E-state index contributed by atoms with van der Waals surface area (Å²) in [6.07, 6.45) is 6.26. The van der Waals surface area contributed by atoms with Crippen molar-refractivity contribution in [3.63, 3.8) is 0 Å². The number of hydrogen-bond acceptors (Lipinski definition) is 3. The third kappa shape index (κ3) is 5.92. The summed E-state index contributed by atoms with van der Waals surface area (Å²) in [4.78, 5) is 13.3. The van der Waals surface area contributed by atoms with Crippen LogP contribution in [0.15, 0.2) is 23.3 Å². The van der Waals surface area contributed by atoms with Gasteiger partial charge in [0.25, 0.3) is 0 Å². The van der Waals surface area contributed by atoms with Crippen LogP contribution >= 0.6 is 0 Å². The fraction of sp³-hybridized carbons (Fsp3) is 0.706. The lowest BCUT2D eigenvalue weighted by Gasteiger charge is -2.32. The van der Waals surface area contributed by atoms with Gasteiger partial charge in [-0.2, -0.15) is 0 Å². The van der Waals surface area contributed by atoms with Crippen molar-refractivity contribution in [1.82, 2.24) is 10.2 Å². The Morgan fingerprint density at radius 1 is 1.29 bits per heavy atom. The number of hydrogen-bond donors (Lipinski definition) is 1. The number of piperidine rings is 1. The average Bonchev–Trinajstić information content (AvgIpc) is 2.79. The van der Waals surface area contributed by atoms with Gasteiger partial charge >= 0.3 is 6.09 Å². The molecule has 0 aromatic rings. The van der Waals surface area contributed by atoms with E-state index in [9.17, 15) is 4.79 Å². The summed E-state index contributed by atoms with van der Waals surface area (Å²) in [7, 11) is 0. The number of amides is 1. The maximum atomic E-state index is 11.4. The van der Waals surface area contributed by atoms with E-state index in [4.69, 9.17) is 4.74 Å².